The highest BCUT2D eigenvalue weighted by Gasteiger charge is 2.65. The maximum atomic E-state index is 6.37. The van der Waals surface area contributed by atoms with E-state index in [1.807, 2.05) is 0 Å². The second kappa shape index (κ2) is 6.32. The number of halogens is 1. The van der Waals surface area contributed by atoms with Gasteiger partial charge in [0.05, 0.1) is 0 Å². The highest BCUT2D eigenvalue weighted by Crippen LogP contribution is 2.73. The van der Waals surface area contributed by atoms with E-state index in [1.54, 1.807) is 23.8 Å². The first kappa shape index (κ1) is 18.7. The molecule has 0 nitrogen and oxygen atoms in total. The van der Waals surface area contributed by atoms with E-state index in [9.17, 15) is 0 Å². The van der Waals surface area contributed by atoms with Gasteiger partial charge in [-0.2, -0.15) is 0 Å². The van der Waals surface area contributed by atoms with E-state index in [0.717, 1.165) is 34.8 Å². The lowest BCUT2D eigenvalue weighted by atomic mass is 9.39. The first-order valence-corrected chi connectivity index (χ1v) is 13.4. The van der Waals surface area contributed by atoms with Crippen molar-refractivity contribution in [3.05, 3.63) is 0 Å². The number of fused-ring (bicyclic) bond motifs is 4. The molecular weight excluding hydrogens is 356 g/mol. The second-order valence-electron chi connectivity index (χ2n) is 11.7. The van der Waals surface area contributed by atoms with Gasteiger partial charge in [-0.3, -0.25) is 0 Å². The van der Waals surface area contributed by atoms with Crippen LogP contribution in [0.2, 0.25) is 0 Å². The van der Waals surface area contributed by atoms with Gasteiger partial charge >= 0.3 is 0 Å². The Kier molecular flexibility index (Phi) is 4.53. The summed E-state index contributed by atoms with van der Waals surface area (Å²) in [6, 6.07) is 0. The molecule has 0 aromatic rings. The summed E-state index contributed by atoms with van der Waals surface area (Å²) < 4.78 is 0. The fourth-order valence-corrected chi connectivity index (χ4v) is 11.2. The van der Waals surface area contributed by atoms with Crippen LogP contribution in [0.3, 0.4) is 0 Å². The van der Waals surface area contributed by atoms with Gasteiger partial charge in [0, 0.05) is 5.25 Å². The van der Waals surface area contributed by atoms with Crippen molar-refractivity contribution in [2.75, 3.05) is 0 Å². The van der Waals surface area contributed by atoms with Gasteiger partial charge in [0.15, 0.2) is 0 Å². The zero-order chi connectivity index (χ0) is 18.2. The van der Waals surface area contributed by atoms with Gasteiger partial charge in [0.1, 0.15) is 0 Å². The summed E-state index contributed by atoms with van der Waals surface area (Å²) >= 11 is 0. The van der Waals surface area contributed by atoms with Crippen molar-refractivity contribution in [2.45, 2.75) is 103 Å². The van der Waals surface area contributed by atoms with Crippen molar-refractivity contribution in [3.63, 3.8) is 0 Å². The predicted octanol–water partition coefficient (Wildman–Crippen LogP) is 8.09. The summed E-state index contributed by atoms with van der Waals surface area (Å²) in [6.07, 6.45) is 18.0. The minimum atomic E-state index is 0.620. The molecule has 5 fully saturated rings. The lowest BCUT2D eigenvalue weighted by molar-refractivity contribution is -0.166. The van der Waals surface area contributed by atoms with E-state index < -0.39 is 0 Å². The first-order valence-electron chi connectivity index (χ1n) is 11.7. The monoisotopic (exact) mass is 394 g/mol. The molecule has 0 aromatic heterocycles. The molecule has 9 atom stereocenters. The molecule has 26 heavy (non-hydrogen) atoms. The van der Waals surface area contributed by atoms with E-state index in [0.29, 0.717) is 16.2 Å². The van der Waals surface area contributed by atoms with Crippen LogP contribution in [0.1, 0.15) is 97.8 Å². The lowest BCUT2D eigenvalue weighted by Gasteiger charge is -2.66. The zero-order valence-electron chi connectivity index (χ0n) is 17.2. The topological polar surface area (TPSA) is 0 Å². The quantitative estimate of drug-likeness (QED) is 0.432. The molecule has 0 radical (unpaired) electrons. The maximum absolute atomic E-state index is 6.37. The smallest absolute Gasteiger partial charge is 0.0233 e. The van der Waals surface area contributed by atoms with Crippen molar-refractivity contribution >= 4 is 21.7 Å². The Hall–Kier alpha value is 0.640. The highest BCUT2D eigenvalue weighted by molar-refractivity contribution is 8.21. The average Bonchev–Trinajstić information content (AvgIpc) is 3.02. The third-order valence-corrected chi connectivity index (χ3v) is 12.6. The van der Waals surface area contributed by atoms with E-state index in [2.05, 4.69) is 20.8 Å². The summed E-state index contributed by atoms with van der Waals surface area (Å²) in [6.45, 7) is 7.93. The summed E-state index contributed by atoms with van der Waals surface area (Å²) in [5, 5.41) is 0.756. The molecule has 5 rings (SSSR count). The molecule has 5 aliphatic carbocycles. The predicted molar refractivity (Wildman–Crippen MR) is 114 cm³/mol. The van der Waals surface area contributed by atoms with Gasteiger partial charge in [-0.25, -0.2) is 0 Å². The molecule has 0 aromatic carbocycles. The molecule has 0 saturated heterocycles. The van der Waals surface area contributed by atoms with Gasteiger partial charge in [-0.05, 0) is 121 Å². The van der Waals surface area contributed by atoms with Gasteiger partial charge in [0.25, 0.3) is 0 Å². The number of hydrogen-bond acceptors (Lipinski definition) is 1. The molecule has 0 N–H and O–H groups in total. The summed E-state index contributed by atoms with van der Waals surface area (Å²) in [5.74, 6) is 5.00. The van der Waals surface area contributed by atoms with Crippen LogP contribution in [0, 0.1) is 45.8 Å². The Morgan fingerprint density at radius 1 is 0.808 bits per heavy atom. The minimum absolute atomic E-state index is 0.620. The fourth-order valence-electron chi connectivity index (χ4n) is 9.78. The summed E-state index contributed by atoms with van der Waals surface area (Å²) in [5.41, 5.74) is 1.94. The van der Waals surface area contributed by atoms with Crippen LogP contribution in [0.4, 0.5) is 0 Å². The van der Waals surface area contributed by atoms with E-state index in [-0.39, 0.29) is 0 Å². The fraction of sp³-hybridized carbons (Fsp3) is 1.00. The third-order valence-electron chi connectivity index (χ3n) is 11.1. The molecule has 148 valence electrons. The van der Waals surface area contributed by atoms with Crippen molar-refractivity contribution in [1.82, 2.24) is 0 Å². The molecule has 0 aliphatic heterocycles. The highest BCUT2D eigenvalue weighted by atomic mass is 35.7. The Morgan fingerprint density at radius 2 is 1.62 bits per heavy atom. The maximum Gasteiger partial charge on any atom is 0.0233 e. The third kappa shape index (κ3) is 2.34. The SMILES string of the molecule is C[C@@H]1CCC2(C)C3CCC45CCCC(SCl)C4CCC5C3CCC2(C)C1. The van der Waals surface area contributed by atoms with Crippen LogP contribution in [0.25, 0.3) is 0 Å². The van der Waals surface area contributed by atoms with Crippen molar-refractivity contribution in [1.29, 1.82) is 0 Å². The molecule has 0 heterocycles. The Labute approximate surface area is 170 Å². The van der Waals surface area contributed by atoms with Crippen molar-refractivity contribution in [3.8, 4) is 0 Å². The van der Waals surface area contributed by atoms with Gasteiger partial charge in [0.2, 0.25) is 0 Å². The molecule has 0 amide bonds. The van der Waals surface area contributed by atoms with Crippen LogP contribution in [0.15, 0.2) is 0 Å². The Balaban J connectivity index is 1.46. The summed E-state index contributed by atoms with van der Waals surface area (Å²) in [4.78, 5) is 0. The zero-order valence-corrected chi connectivity index (χ0v) is 18.8. The lowest BCUT2D eigenvalue weighted by Crippen LogP contribution is -2.58. The number of hydrogen-bond donors (Lipinski definition) is 0. The van der Waals surface area contributed by atoms with Crippen LogP contribution in [-0.2, 0) is 0 Å². The van der Waals surface area contributed by atoms with E-state index in [1.165, 1.54) is 64.2 Å². The van der Waals surface area contributed by atoms with Crippen LogP contribution in [0.5, 0.6) is 0 Å². The Bertz CT molecular complexity index is 562. The van der Waals surface area contributed by atoms with Crippen LogP contribution < -0.4 is 0 Å². The first-order chi connectivity index (χ1) is 12.4. The Morgan fingerprint density at radius 3 is 2.42 bits per heavy atom. The van der Waals surface area contributed by atoms with Gasteiger partial charge < -0.3 is 0 Å². The molecular formula is C24H39ClS. The van der Waals surface area contributed by atoms with Gasteiger partial charge in [-0.1, -0.05) is 44.6 Å². The minimum Gasteiger partial charge on any atom is -0.0625 e. The molecule has 0 bridgehead atoms. The van der Waals surface area contributed by atoms with Gasteiger partial charge in [-0.15, -0.1) is 0 Å². The van der Waals surface area contributed by atoms with Crippen LogP contribution in [-0.4, -0.2) is 5.25 Å². The largest absolute Gasteiger partial charge is 0.0625 e. The molecule has 5 aliphatic rings. The van der Waals surface area contributed by atoms with Crippen molar-refractivity contribution < 1.29 is 0 Å². The molecule has 8 unspecified atom stereocenters. The standard InChI is InChI=1S/C24H39ClS/c1-16-8-13-23(3)18-10-14-24-11-4-5-21(26-25)20(24)7-6-19(24)17(18)9-12-22(23,2)15-16/h16-21H,4-15H2,1-3H3/t16-,17?,18?,19?,20?,21?,22?,23?,24?/m1/s1. The normalized spacial score (nSPS) is 59.1. The average molecular weight is 395 g/mol. The summed E-state index contributed by atoms with van der Waals surface area (Å²) in [7, 11) is 8.07. The van der Waals surface area contributed by atoms with E-state index >= 15 is 0 Å². The number of rotatable bonds is 1. The molecule has 1 spiro atoms. The molecule has 2 heteroatoms. The van der Waals surface area contributed by atoms with Crippen molar-refractivity contribution in [2.24, 2.45) is 45.8 Å². The molecule has 5 saturated carbocycles. The van der Waals surface area contributed by atoms with E-state index in [4.69, 9.17) is 10.7 Å². The second-order valence-corrected chi connectivity index (χ2v) is 13.0. The van der Waals surface area contributed by atoms with Crippen LogP contribution >= 0.6 is 21.7 Å².